The van der Waals surface area contributed by atoms with Gasteiger partial charge in [0.2, 0.25) is 10.0 Å². The first-order valence-electron chi connectivity index (χ1n) is 7.37. The summed E-state index contributed by atoms with van der Waals surface area (Å²) in [6, 6.07) is 7.42. The van der Waals surface area contributed by atoms with Crippen molar-refractivity contribution in [1.29, 1.82) is 0 Å². The number of rotatable bonds is 7. The summed E-state index contributed by atoms with van der Waals surface area (Å²) >= 11 is 5.74. The highest BCUT2D eigenvalue weighted by atomic mass is 35.5. The first kappa shape index (κ1) is 19.2. The largest absolute Gasteiger partial charge is 0.494 e. The number of hydrogen-bond donors (Lipinski definition) is 2. The Kier molecular flexibility index (Phi) is 6.35. The fourth-order valence-electron chi connectivity index (χ4n) is 2.04. The van der Waals surface area contributed by atoms with Crippen LogP contribution in [0.15, 0.2) is 41.4 Å². The molecule has 0 aliphatic rings. The van der Waals surface area contributed by atoms with Crippen molar-refractivity contribution in [3.63, 3.8) is 0 Å². The Bertz CT molecular complexity index is 854. The molecule has 7 nitrogen and oxygen atoms in total. The van der Waals surface area contributed by atoms with Crippen LogP contribution in [0.3, 0.4) is 0 Å². The number of ether oxygens (including phenoxy) is 1. The predicted molar refractivity (Wildman–Crippen MR) is 94.5 cm³/mol. The smallest absolute Gasteiger partial charge is 0.255 e. The molecule has 0 bridgehead atoms. The monoisotopic (exact) mass is 383 g/mol. The van der Waals surface area contributed by atoms with E-state index < -0.39 is 10.0 Å². The van der Waals surface area contributed by atoms with Crippen LogP contribution in [-0.4, -0.2) is 39.5 Å². The van der Waals surface area contributed by atoms with Crippen LogP contribution in [0.5, 0.6) is 5.75 Å². The van der Waals surface area contributed by atoms with Gasteiger partial charge in [-0.25, -0.2) is 13.1 Å². The molecule has 2 rings (SSSR count). The molecule has 1 aromatic carbocycles. The number of pyridine rings is 1. The molecule has 9 heteroatoms. The van der Waals surface area contributed by atoms with Gasteiger partial charge in [0.1, 0.15) is 5.75 Å². The Balaban J connectivity index is 1.91. The third-order valence-corrected chi connectivity index (χ3v) is 5.02. The number of hydrogen-bond acceptors (Lipinski definition) is 5. The molecule has 1 aromatic heterocycles. The molecule has 0 aliphatic heterocycles. The number of nitrogens with one attached hydrogen (secondary N) is 2. The van der Waals surface area contributed by atoms with E-state index in [-0.39, 0.29) is 23.9 Å². The molecule has 0 spiro atoms. The summed E-state index contributed by atoms with van der Waals surface area (Å²) in [5.74, 6) is -0.0158. The molecule has 0 atom stereocenters. The lowest BCUT2D eigenvalue weighted by atomic mass is 10.2. The molecule has 25 heavy (non-hydrogen) atoms. The third kappa shape index (κ3) is 5.15. The second kappa shape index (κ2) is 8.28. The van der Waals surface area contributed by atoms with Gasteiger partial charge in [-0.15, -0.1) is 0 Å². The number of aromatic nitrogens is 1. The van der Waals surface area contributed by atoms with Gasteiger partial charge >= 0.3 is 0 Å². The molecule has 2 N–H and O–H groups in total. The number of carbonyl (C=O) groups is 1. The number of methoxy groups -OCH3 is 1. The van der Waals surface area contributed by atoms with Gasteiger partial charge in [0.15, 0.2) is 0 Å². The molecule has 134 valence electrons. The molecule has 0 fully saturated rings. The van der Waals surface area contributed by atoms with E-state index in [1.165, 1.54) is 37.6 Å². The van der Waals surface area contributed by atoms with Gasteiger partial charge in [0.05, 0.1) is 23.8 Å². The second-order valence-electron chi connectivity index (χ2n) is 5.13. The Labute approximate surface area is 151 Å². The lowest BCUT2D eigenvalue weighted by Gasteiger charge is -2.10. The lowest BCUT2D eigenvalue weighted by Crippen LogP contribution is -2.34. The van der Waals surface area contributed by atoms with E-state index in [2.05, 4.69) is 15.0 Å². The molecular weight excluding hydrogens is 366 g/mol. The molecule has 0 radical (unpaired) electrons. The zero-order chi connectivity index (χ0) is 18.4. The van der Waals surface area contributed by atoms with Crippen LogP contribution < -0.4 is 14.8 Å². The van der Waals surface area contributed by atoms with E-state index in [9.17, 15) is 13.2 Å². The number of sulfonamides is 1. The van der Waals surface area contributed by atoms with Gasteiger partial charge < -0.3 is 10.1 Å². The van der Waals surface area contributed by atoms with Crippen molar-refractivity contribution in [2.24, 2.45) is 0 Å². The average molecular weight is 384 g/mol. The van der Waals surface area contributed by atoms with Crippen LogP contribution in [0.1, 0.15) is 16.1 Å². The quantitative estimate of drug-likeness (QED) is 0.710. The van der Waals surface area contributed by atoms with Crippen LogP contribution in [0.25, 0.3) is 0 Å². The zero-order valence-electron chi connectivity index (χ0n) is 13.7. The maximum absolute atomic E-state index is 12.2. The van der Waals surface area contributed by atoms with Crippen molar-refractivity contribution >= 4 is 27.5 Å². The fourth-order valence-corrected chi connectivity index (χ4v) is 3.20. The van der Waals surface area contributed by atoms with E-state index in [1.54, 1.807) is 13.0 Å². The Morgan fingerprint density at radius 2 is 1.92 bits per heavy atom. The lowest BCUT2D eigenvalue weighted by molar-refractivity contribution is 0.0951. The van der Waals surface area contributed by atoms with E-state index in [4.69, 9.17) is 16.3 Å². The number of aryl methyl sites for hydroxylation is 1. The average Bonchev–Trinajstić information content (AvgIpc) is 2.59. The predicted octanol–water partition coefficient (Wildman–Crippen LogP) is 1.76. The highest BCUT2D eigenvalue weighted by molar-refractivity contribution is 7.89. The third-order valence-electron chi connectivity index (χ3n) is 3.30. The van der Waals surface area contributed by atoms with Crippen molar-refractivity contribution < 1.29 is 17.9 Å². The minimum atomic E-state index is -3.65. The van der Waals surface area contributed by atoms with Crippen molar-refractivity contribution in [3.05, 3.63) is 52.8 Å². The fraction of sp³-hybridized carbons (Fsp3) is 0.250. The molecule has 0 saturated heterocycles. The molecule has 1 amide bonds. The molecular formula is C16H18ClN3O4S. The minimum absolute atomic E-state index is 0.0447. The van der Waals surface area contributed by atoms with Crippen molar-refractivity contribution in [3.8, 4) is 5.75 Å². The molecule has 0 saturated carbocycles. The van der Waals surface area contributed by atoms with Crippen LogP contribution in [0.4, 0.5) is 0 Å². The molecule has 0 aliphatic carbocycles. The van der Waals surface area contributed by atoms with Gasteiger partial charge in [-0.3, -0.25) is 9.78 Å². The number of benzene rings is 1. The maximum Gasteiger partial charge on any atom is 0.255 e. The van der Waals surface area contributed by atoms with Gasteiger partial charge in [-0.2, -0.15) is 0 Å². The number of halogens is 1. The summed E-state index contributed by atoms with van der Waals surface area (Å²) < 4.78 is 31.7. The van der Waals surface area contributed by atoms with Crippen molar-refractivity contribution in [1.82, 2.24) is 15.0 Å². The van der Waals surface area contributed by atoms with Crippen molar-refractivity contribution in [2.45, 2.75) is 11.8 Å². The summed E-state index contributed by atoms with van der Waals surface area (Å²) in [6.07, 6.45) is 1.47. The Morgan fingerprint density at radius 3 is 2.56 bits per heavy atom. The summed E-state index contributed by atoms with van der Waals surface area (Å²) in [5, 5.41) is 3.09. The first-order valence-corrected chi connectivity index (χ1v) is 9.23. The summed E-state index contributed by atoms with van der Waals surface area (Å²) in [6.45, 7) is 1.93. The number of carbonyl (C=O) groups excluding carboxylic acids is 1. The van der Waals surface area contributed by atoms with Gasteiger partial charge in [-0.05, 0) is 37.3 Å². The summed E-state index contributed by atoms with van der Waals surface area (Å²) in [7, 11) is -2.21. The maximum atomic E-state index is 12.2. The van der Waals surface area contributed by atoms with Crippen LogP contribution >= 0.6 is 11.6 Å². The molecule has 2 aromatic rings. The van der Waals surface area contributed by atoms with Gasteiger partial charge in [0, 0.05) is 23.8 Å². The van der Waals surface area contributed by atoms with E-state index in [0.29, 0.717) is 22.0 Å². The zero-order valence-corrected chi connectivity index (χ0v) is 15.3. The SMILES string of the molecule is COc1cnc(C)cc1C(=O)NCCNS(=O)(=O)c1ccc(Cl)cc1. The molecule has 0 unspecified atom stereocenters. The van der Waals surface area contributed by atoms with E-state index in [0.717, 1.165) is 0 Å². The Hall–Kier alpha value is -2.16. The topological polar surface area (TPSA) is 97.4 Å². The summed E-state index contributed by atoms with van der Waals surface area (Å²) in [5.41, 5.74) is 1.02. The highest BCUT2D eigenvalue weighted by Gasteiger charge is 2.15. The standard InChI is InChI=1S/C16H18ClN3O4S/c1-11-9-14(15(24-2)10-19-11)16(21)18-7-8-20-25(22,23)13-5-3-12(17)4-6-13/h3-6,9-10,20H,7-8H2,1-2H3,(H,18,21). The normalized spacial score (nSPS) is 11.2. The highest BCUT2D eigenvalue weighted by Crippen LogP contribution is 2.17. The number of nitrogens with zero attached hydrogens (tertiary/aromatic N) is 1. The van der Waals surface area contributed by atoms with E-state index in [1.807, 2.05) is 0 Å². The minimum Gasteiger partial charge on any atom is -0.494 e. The van der Waals surface area contributed by atoms with Crippen LogP contribution in [0.2, 0.25) is 5.02 Å². The number of amides is 1. The van der Waals surface area contributed by atoms with Crippen molar-refractivity contribution in [2.75, 3.05) is 20.2 Å². The van der Waals surface area contributed by atoms with E-state index >= 15 is 0 Å². The van der Waals surface area contributed by atoms with Crippen LogP contribution in [-0.2, 0) is 10.0 Å². The van der Waals surface area contributed by atoms with Crippen LogP contribution in [0, 0.1) is 6.92 Å². The van der Waals surface area contributed by atoms with Gasteiger partial charge in [-0.1, -0.05) is 11.6 Å². The van der Waals surface area contributed by atoms with Gasteiger partial charge in [0.25, 0.3) is 5.91 Å². The second-order valence-corrected chi connectivity index (χ2v) is 7.34. The first-order chi connectivity index (χ1) is 11.8. The Morgan fingerprint density at radius 1 is 1.24 bits per heavy atom. The molecule has 1 heterocycles. The summed E-state index contributed by atoms with van der Waals surface area (Å²) in [4.78, 5) is 16.4.